The second kappa shape index (κ2) is 3.02. The van der Waals surface area contributed by atoms with Crippen molar-refractivity contribution in [3.05, 3.63) is 18.2 Å². The lowest BCUT2D eigenvalue weighted by atomic mass is 9.73. The summed E-state index contributed by atoms with van der Waals surface area (Å²) in [5, 5.41) is 0. The summed E-state index contributed by atoms with van der Waals surface area (Å²) < 4.78 is 0. The number of nitrogen functional groups attached to an aromatic ring is 1. The third-order valence-corrected chi connectivity index (χ3v) is 1.91. The van der Waals surface area contributed by atoms with Crippen LogP contribution < -0.4 is 11.2 Å². The molecule has 1 aromatic rings. The van der Waals surface area contributed by atoms with Gasteiger partial charge in [0.15, 0.2) is 7.28 Å². The number of anilines is 1. The fraction of sp³-hybridized carbons (Fsp3) is 0.143. The zero-order chi connectivity index (χ0) is 7.56. The highest BCUT2D eigenvalue weighted by Crippen LogP contribution is 2.12. The molecular weight excluding hydrogens is 141 g/mol. The van der Waals surface area contributed by atoms with E-state index in [-0.39, 0.29) is 0 Å². The average molecular weight is 151 g/mol. The summed E-state index contributed by atoms with van der Waals surface area (Å²) in [6, 6.07) is 5.93. The Morgan fingerprint density at radius 1 is 1.50 bits per heavy atom. The lowest BCUT2D eigenvalue weighted by Gasteiger charge is -1.99. The summed E-state index contributed by atoms with van der Waals surface area (Å²) in [5.41, 5.74) is 7.65. The fourth-order valence-corrected chi connectivity index (χ4v) is 0.963. The van der Waals surface area contributed by atoms with Gasteiger partial charge in [-0.1, -0.05) is 18.4 Å². The van der Waals surface area contributed by atoms with Crippen LogP contribution in [0.3, 0.4) is 0 Å². The molecule has 0 saturated heterocycles. The Balaban J connectivity index is 3.04. The second-order valence-corrected chi connectivity index (χ2v) is 2.73. The van der Waals surface area contributed by atoms with Crippen molar-refractivity contribution >= 4 is 31.1 Å². The number of thiol groups is 1. The van der Waals surface area contributed by atoms with E-state index in [0.29, 0.717) is 0 Å². The monoisotopic (exact) mass is 151 g/mol. The molecule has 0 radical (unpaired) electrons. The van der Waals surface area contributed by atoms with Crippen molar-refractivity contribution in [3.63, 3.8) is 0 Å². The molecule has 0 fully saturated rings. The van der Waals surface area contributed by atoms with Gasteiger partial charge in [0.05, 0.1) is 0 Å². The zero-order valence-electron chi connectivity index (χ0n) is 5.96. The van der Waals surface area contributed by atoms with Crippen molar-refractivity contribution < 1.29 is 0 Å². The van der Waals surface area contributed by atoms with Crippen LogP contribution in [0.1, 0.15) is 0 Å². The molecule has 0 aliphatic carbocycles. The first kappa shape index (κ1) is 7.54. The maximum atomic E-state index is 5.62. The second-order valence-electron chi connectivity index (χ2n) is 2.25. The summed E-state index contributed by atoms with van der Waals surface area (Å²) in [6.07, 6.45) is 0. The molecule has 0 aliphatic rings. The molecule has 0 saturated carbocycles. The number of rotatable bonds is 1. The standard InChI is InChI=1S/C7H10BNS/c1-8-5-2-3-7(10)6(9)4-5/h2-4,8,10H,9H2,1H3. The Morgan fingerprint density at radius 2 is 2.20 bits per heavy atom. The molecule has 0 aromatic heterocycles. The van der Waals surface area contributed by atoms with Gasteiger partial charge in [0.2, 0.25) is 0 Å². The van der Waals surface area contributed by atoms with E-state index in [1.807, 2.05) is 18.2 Å². The van der Waals surface area contributed by atoms with E-state index in [1.54, 1.807) is 0 Å². The summed E-state index contributed by atoms with van der Waals surface area (Å²) in [6.45, 7) is 2.10. The van der Waals surface area contributed by atoms with Gasteiger partial charge < -0.3 is 5.73 Å². The van der Waals surface area contributed by atoms with Gasteiger partial charge in [-0.05, 0) is 12.1 Å². The van der Waals surface area contributed by atoms with Crippen molar-refractivity contribution in [3.8, 4) is 0 Å². The Morgan fingerprint density at radius 3 is 2.70 bits per heavy atom. The number of nitrogens with two attached hydrogens (primary N) is 1. The quantitative estimate of drug-likeness (QED) is 0.344. The molecule has 0 bridgehead atoms. The van der Waals surface area contributed by atoms with Crippen molar-refractivity contribution in [1.82, 2.24) is 0 Å². The molecule has 3 heteroatoms. The van der Waals surface area contributed by atoms with Gasteiger partial charge in [0.25, 0.3) is 0 Å². The Hall–Kier alpha value is -0.565. The fourth-order valence-electron chi connectivity index (χ4n) is 0.824. The highest BCUT2D eigenvalue weighted by Gasteiger charge is 1.94. The average Bonchev–Trinajstić information content (AvgIpc) is 1.95. The summed E-state index contributed by atoms with van der Waals surface area (Å²) in [4.78, 5) is 0.859. The van der Waals surface area contributed by atoms with E-state index in [9.17, 15) is 0 Å². The highest BCUT2D eigenvalue weighted by atomic mass is 32.1. The molecule has 0 aliphatic heterocycles. The van der Waals surface area contributed by atoms with Crippen LogP contribution >= 0.6 is 12.6 Å². The smallest absolute Gasteiger partial charge is 0.154 e. The minimum Gasteiger partial charge on any atom is -0.398 e. The molecular formula is C7H10BNS. The summed E-state index contributed by atoms with van der Waals surface area (Å²) >= 11 is 4.16. The van der Waals surface area contributed by atoms with Gasteiger partial charge in [0, 0.05) is 10.6 Å². The largest absolute Gasteiger partial charge is 0.398 e. The summed E-state index contributed by atoms with van der Waals surface area (Å²) in [7, 11) is 1.03. The van der Waals surface area contributed by atoms with Crippen LogP contribution in [0.5, 0.6) is 0 Å². The molecule has 1 aromatic carbocycles. The van der Waals surface area contributed by atoms with E-state index >= 15 is 0 Å². The molecule has 0 unspecified atom stereocenters. The van der Waals surface area contributed by atoms with Crippen LogP contribution in [-0.2, 0) is 0 Å². The molecule has 10 heavy (non-hydrogen) atoms. The molecule has 1 nitrogen and oxygen atoms in total. The Labute approximate surface area is 67.3 Å². The first-order valence-corrected chi connectivity index (χ1v) is 3.76. The molecule has 0 spiro atoms. The van der Waals surface area contributed by atoms with Gasteiger partial charge in [0.1, 0.15) is 0 Å². The maximum absolute atomic E-state index is 5.62. The van der Waals surface area contributed by atoms with E-state index in [0.717, 1.165) is 17.9 Å². The first-order valence-electron chi connectivity index (χ1n) is 3.31. The Kier molecular flexibility index (Phi) is 2.27. The topological polar surface area (TPSA) is 26.0 Å². The van der Waals surface area contributed by atoms with Crippen LogP contribution in [-0.4, -0.2) is 7.28 Å². The van der Waals surface area contributed by atoms with Crippen LogP contribution in [0.25, 0.3) is 0 Å². The van der Waals surface area contributed by atoms with Gasteiger partial charge in [-0.2, -0.15) is 0 Å². The normalized spacial score (nSPS) is 9.40. The van der Waals surface area contributed by atoms with Gasteiger partial charge >= 0.3 is 0 Å². The van der Waals surface area contributed by atoms with Crippen LogP contribution in [0.15, 0.2) is 23.1 Å². The van der Waals surface area contributed by atoms with Gasteiger partial charge in [-0.25, -0.2) is 0 Å². The van der Waals surface area contributed by atoms with Crippen molar-refractivity contribution in [1.29, 1.82) is 0 Å². The van der Waals surface area contributed by atoms with Crippen LogP contribution in [0.2, 0.25) is 6.82 Å². The van der Waals surface area contributed by atoms with Crippen molar-refractivity contribution in [2.75, 3.05) is 5.73 Å². The van der Waals surface area contributed by atoms with Gasteiger partial charge in [-0.15, -0.1) is 12.6 Å². The highest BCUT2D eigenvalue weighted by molar-refractivity contribution is 7.80. The predicted octanol–water partition coefficient (Wildman–Crippen LogP) is 0.667. The molecule has 0 atom stereocenters. The predicted molar refractivity (Wildman–Crippen MR) is 50.8 cm³/mol. The van der Waals surface area contributed by atoms with Crippen molar-refractivity contribution in [2.24, 2.45) is 0 Å². The lowest BCUT2D eigenvalue weighted by molar-refractivity contribution is 1.49. The molecule has 52 valence electrons. The third-order valence-electron chi connectivity index (χ3n) is 1.50. The van der Waals surface area contributed by atoms with Crippen LogP contribution in [0.4, 0.5) is 5.69 Å². The van der Waals surface area contributed by atoms with Gasteiger partial charge in [-0.3, -0.25) is 0 Å². The summed E-state index contributed by atoms with van der Waals surface area (Å²) in [5.74, 6) is 0. The third kappa shape index (κ3) is 1.48. The number of hydrogen-bond acceptors (Lipinski definition) is 2. The van der Waals surface area contributed by atoms with E-state index < -0.39 is 0 Å². The zero-order valence-corrected chi connectivity index (χ0v) is 6.86. The first-order chi connectivity index (χ1) is 4.74. The van der Waals surface area contributed by atoms with E-state index in [1.165, 1.54) is 5.46 Å². The minimum atomic E-state index is 0.766. The number of benzene rings is 1. The van der Waals surface area contributed by atoms with Crippen molar-refractivity contribution in [2.45, 2.75) is 11.7 Å². The Bertz CT molecular complexity index is 237. The molecule has 0 heterocycles. The maximum Gasteiger partial charge on any atom is 0.154 e. The van der Waals surface area contributed by atoms with Crippen LogP contribution in [0, 0.1) is 0 Å². The molecule has 2 N–H and O–H groups in total. The number of hydrogen-bond donors (Lipinski definition) is 2. The molecule has 0 amide bonds. The van der Waals surface area contributed by atoms with E-state index in [2.05, 4.69) is 19.5 Å². The lowest BCUT2D eigenvalue weighted by Crippen LogP contribution is -2.10. The SMILES string of the molecule is CBc1ccc(S)c(N)c1. The molecule has 1 rings (SSSR count). The minimum absolute atomic E-state index is 0.766. The van der Waals surface area contributed by atoms with E-state index in [4.69, 9.17) is 5.73 Å².